The highest BCUT2D eigenvalue weighted by Gasteiger charge is 1.72. The molecule has 1 nitrogen and oxygen atoms in total. The molecule has 0 fully saturated rings. The van der Waals surface area contributed by atoms with E-state index in [0.29, 0.717) is 5.56 Å². The van der Waals surface area contributed by atoms with Crippen molar-refractivity contribution in [3.63, 3.8) is 0 Å². The van der Waals surface area contributed by atoms with Crippen molar-refractivity contribution in [2.75, 3.05) is 0 Å². The average molecular weight is 97.2 g/mol. The molecule has 7 heavy (non-hydrogen) atoms. The minimum atomic E-state index is -0.233. The average Bonchev–Trinajstić information content (AvgIpc) is 1.97. The molecule has 0 saturated heterocycles. The van der Waals surface area contributed by atoms with Gasteiger partial charge in [0.15, 0.2) is 0 Å². The normalized spacial score (nSPS) is 16.7. The molecule has 0 N–H and O–H groups in total. The summed E-state index contributed by atoms with van der Waals surface area (Å²) in [6.45, 7) is 1.54. The highest BCUT2D eigenvalue weighted by atomic mass is 14.6. The molecular formula is C6H7N. The van der Waals surface area contributed by atoms with E-state index in [1.807, 2.05) is 0 Å². The minimum absolute atomic E-state index is 0.0639. The van der Waals surface area contributed by atoms with Gasteiger partial charge in [0.05, 0.1) is 5.48 Å². The SMILES string of the molecule is [2H]c1nc([2H])c([2H])c(C)c1[2H]. The first-order chi connectivity index (χ1) is 5.04. The summed E-state index contributed by atoms with van der Waals surface area (Å²) in [6, 6.07) is -0.128. The Kier molecular flexibility index (Phi) is 0.392. The zero-order valence-electron chi connectivity index (χ0n) is 7.95. The molecule has 0 unspecified atom stereocenters. The molecule has 1 heteroatoms. The first kappa shape index (κ1) is 1.58. The van der Waals surface area contributed by atoms with Crippen LogP contribution in [0.5, 0.6) is 0 Å². The molecule has 0 atom stereocenters. The van der Waals surface area contributed by atoms with Crippen LogP contribution in [-0.4, -0.2) is 4.98 Å². The molecular weight excluding hydrogens is 86.1 g/mol. The molecule has 36 valence electrons. The summed E-state index contributed by atoms with van der Waals surface area (Å²) in [6.07, 6.45) is -0.466. The van der Waals surface area contributed by atoms with E-state index in [-0.39, 0.29) is 24.4 Å². The second-order valence-electron chi connectivity index (χ2n) is 1.21. The van der Waals surface area contributed by atoms with Crippen molar-refractivity contribution in [2.24, 2.45) is 0 Å². The number of hydrogen-bond acceptors (Lipinski definition) is 1. The van der Waals surface area contributed by atoms with Gasteiger partial charge in [0, 0.05) is 12.3 Å². The van der Waals surface area contributed by atoms with Gasteiger partial charge in [-0.2, -0.15) is 0 Å². The third kappa shape index (κ3) is 1.000. The van der Waals surface area contributed by atoms with Crippen LogP contribution < -0.4 is 0 Å². The first-order valence-electron chi connectivity index (χ1n) is 3.95. The van der Waals surface area contributed by atoms with Gasteiger partial charge in [0.1, 0.15) is 0 Å². The van der Waals surface area contributed by atoms with Crippen molar-refractivity contribution in [2.45, 2.75) is 6.92 Å². The maximum atomic E-state index is 7.23. The largest absolute Gasteiger partial charge is 0.265 e. The van der Waals surface area contributed by atoms with Gasteiger partial charge in [-0.05, 0) is 24.6 Å². The molecule has 0 amide bonds. The molecule has 0 aliphatic rings. The van der Waals surface area contributed by atoms with E-state index in [2.05, 4.69) is 4.98 Å². The lowest BCUT2D eigenvalue weighted by Gasteiger charge is -1.82. The lowest BCUT2D eigenvalue weighted by molar-refractivity contribution is 1.29. The summed E-state index contributed by atoms with van der Waals surface area (Å²) < 4.78 is 28.6. The van der Waals surface area contributed by atoms with E-state index >= 15 is 0 Å². The van der Waals surface area contributed by atoms with Gasteiger partial charge in [-0.3, -0.25) is 4.98 Å². The predicted molar refractivity (Wildman–Crippen MR) is 29.0 cm³/mol. The number of aromatic nitrogens is 1. The smallest absolute Gasteiger partial charge is 0.0840 e. The lowest BCUT2D eigenvalue weighted by atomic mass is 10.3. The van der Waals surface area contributed by atoms with Crippen molar-refractivity contribution in [3.8, 4) is 0 Å². The lowest BCUT2D eigenvalue weighted by Crippen LogP contribution is -1.68. The number of pyridine rings is 1. The van der Waals surface area contributed by atoms with Crippen LogP contribution in [0.3, 0.4) is 0 Å². The third-order valence-corrected chi connectivity index (χ3v) is 0.599. The van der Waals surface area contributed by atoms with Crippen LogP contribution in [0.1, 0.15) is 11.0 Å². The second-order valence-corrected chi connectivity index (χ2v) is 1.21. The van der Waals surface area contributed by atoms with Crippen LogP contribution in [0.2, 0.25) is 0 Å². The van der Waals surface area contributed by atoms with E-state index in [1.165, 1.54) is 0 Å². The van der Waals surface area contributed by atoms with Crippen molar-refractivity contribution in [3.05, 3.63) is 30.0 Å². The topological polar surface area (TPSA) is 12.9 Å². The molecule has 0 bridgehead atoms. The zero-order valence-corrected chi connectivity index (χ0v) is 3.95. The van der Waals surface area contributed by atoms with E-state index in [4.69, 9.17) is 5.48 Å². The van der Waals surface area contributed by atoms with Crippen LogP contribution in [0.25, 0.3) is 0 Å². The Bertz CT molecular complexity index is 271. The van der Waals surface area contributed by atoms with Gasteiger partial charge in [0.2, 0.25) is 0 Å². The van der Waals surface area contributed by atoms with Gasteiger partial charge in [-0.15, -0.1) is 0 Å². The molecule has 0 radical (unpaired) electrons. The van der Waals surface area contributed by atoms with Crippen LogP contribution in [0, 0.1) is 6.92 Å². The number of hydrogen-bond donors (Lipinski definition) is 0. The molecule has 0 aliphatic carbocycles. The monoisotopic (exact) mass is 97.1 g/mol. The maximum absolute atomic E-state index is 7.23. The Balaban J connectivity index is 3.46. The molecule has 1 rings (SSSR count). The van der Waals surface area contributed by atoms with E-state index in [9.17, 15) is 0 Å². The Hall–Kier alpha value is -0.850. The number of nitrogens with zero attached hydrogens (tertiary/aromatic N) is 1. The van der Waals surface area contributed by atoms with Crippen molar-refractivity contribution in [1.29, 1.82) is 0 Å². The van der Waals surface area contributed by atoms with Gasteiger partial charge in [0.25, 0.3) is 0 Å². The van der Waals surface area contributed by atoms with E-state index in [0.717, 1.165) is 0 Å². The second kappa shape index (κ2) is 1.73. The summed E-state index contributed by atoms with van der Waals surface area (Å²) in [7, 11) is 0. The minimum Gasteiger partial charge on any atom is -0.265 e. The van der Waals surface area contributed by atoms with Gasteiger partial charge < -0.3 is 0 Å². The standard InChI is InChI=1S/C6H7N/c1-6-2-4-7-5-3-6/h2-5H,1H3/i2D,3D,4D,5D. The zero-order chi connectivity index (χ0) is 8.59. The molecule has 1 heterocycles. The summed E-state index contributed by atoms with van der Waals surface area (Å²) >= 11 is 0. The first-order valence-corrected chi connectivity index (χ1v) is 1.95. The van der Waals surface area contributed by atoms with E-state index < -0.39 is 0 Å². The molecule has 0 saturated carbocycles. The highest BCUT2D eigenvalue weighted by molar-refractivity contribution is 5.05. The van der Waals surface area contributed by atoms with Gasteiger partial charge in [-0.1, -0.05) is 0 Å². The highest BCUT2D eigenvalue weighted by Crippen LogP contribution is 1.88. The summed E-state index contributed by atoms with van der Waals surface area (Å²) in [5.74, 6) is 0. The van der Waals surface area contributed by atoms with Crippen LogP contribution >= 0.6 is 0 Å². The Morgan fingerprint density at radius 2 is 2.14 bits per heavy atom. The predicted octanol–water partition coefficient (Wildman–Crippen LogP) is 1.39. The van der Waals surface area contributed by atoms with E-state index in [1.54, 1.807) is 6.92 Å². The fraction of sp³-hybridized carbons (Fsp3) is 0.167. The number of rotatable bonds is 0. The van der Waals surface area contributed by atoms with Crippen molar-refractivity contribution < 1.29 is 5.48 Å². The van der Waals surface area contributed by atoms with Gasteiger partial charge in [-0.25, -0.2) is 0 Å². The molecule has 0 spiro atoms. The summed E-state index contributed by atoms with van der Waals surface area (Å²) in [5.41, 5.74) is 0.343. The molecule has 0 aromatic carbocycles. The Morgan fingerprint density at radius 3 is 2.71 bits per heavy atom. The third-order valence-electron chi connectivity index (χ3n) is 0.599. The Labute approximate surface area is 48.6 Å². The van der Waals surface area contributed by atoms with Gasteiger partial charge >= 0.3 is 0 Å². The van der Waals surface area contributed by atoms with Crippen LogP contribution in [-0.2, 0) is 0 Å². The fourth-order valence-corrected chi connectivity index (χ4v) is 0.283. The van der Waals surface area contributed by atoms with Crippen molar-refractivity contribution >= 4 is 0 Å². The molecule has 1 aromatic rings. The summed E-state index contributed by atoms with van der Waals surface area (Å²) in [5, 5.41) is 0. The summed E-state index contributed by atoms with van der Waals surface area (Å²) in [4.78, 5) is 3.39. The van der Waals surface area contributed by atoms with Crippen molar-refractivity contribution in [1.82, 2.24) is 4.98 Å². The molecule has 1 aromatic heterocycles. The van der Waals surface area contributed by atoms with Crippen LogP contribution in [0.15, 0.2) is 24.4 Å². The fourth-order valence-electron chi connectivity index (χ4n) is 0.283. The molecule has 0 aliphatic heterocycles. The Morgan fingerprint density at radius 1 is 1.57 bits per heavy atom. The maximum Gasteiger partial charge on any atom is 0.0840 e. The quantitative estimate of drug-likeness (QED) is 0.476. The van der Waals surface area contributed by atoms with Crippen LogP contribution in [0.4, 0.5) is 0 Å².